The van der Waals surface area contributed by atoms with E-state index in [1.54, 1.807) is 11.4 Å². The number of halogens is 1. The van der Waals surface area contributed by atoms with Crippen molar-refractivity contribution < 1.29 is 4.79 Å². The Morgan fingerprint density at radius 3 is 2.86 bits per heavy atom. The molecule has 0 bridgehead atoms. The monoisotopic (exact) mass is 324 g/mol. The lowest BCUT2D eigenvalue weighted by Crippen LogP contribution is -2.31. The molecule has 0 aliphatic carbocycles. The minimum absolute atomic E-state index is 0.166. The van der Waals surface area contributed by atoms with E-state index in [4.69, 9.17) is 11.6 Å². The minimum atomic E-state index is -0.166. The van der Waals surface area contributed by atoms with Crippen LogP contribution in [0.1, 0.15) is 10.5 Å². The quantitative estimate of drug-likeness (QED) is 0.858. The molecule has 0 saturated heterocycles. The first-order valence-electron chi connectivity index (χ1n) is 6.46. The van der Waals surface area contributed by atoms with Gasteiger partial charge in [-0.25, -0.2) is 4.98 Å². The molecule has 5 nitrogen and oxygen atoms in total. The Bertz CT molecular complexity index is 615. The smallest absolute Gasteiger partial charge is 0.270 e. The van der Waals surface area contributed by atoms with Gasteiger partial charge in [0.1, 0.15) is 5.69 Å². The first kappa shape index (κ1) is 15.8. The van der Waals surface area contributed by atoms with E-state index in [2.05, 4.69) is 15.6 Å². The van der Waals surface area contributed by atoms with E-state index >= 15 is 0 Å². The molecule has 0 aliphatic heterocycles. The standard InChI is InChI=1S/C14H17ClN4OS/c1-19(2)8-7-16-13(20)12-9-21-14(18-12)17-11-6-4-3-5-10(11)15/h3-6,9H,7-8H2,1-2H3,(H,16,20)(H,17,18). The van der Waals surface area contributed by atoms with Crippen LogP contribution in [0.3, 0.4) is 0 Å². The molecule has 0 saturated carbocycles. The van der Waals surface area contributed by atoms with Crippen LogP contribution in [0.4, 0.5) is 10.8 Å². The lowest BCUT2D eigenvalue weighted by Gasteiger charge is -2.09. The van der Waals surface area contributed by atoms with Gasteiger partial charge in [0.15, 0.2) is 5.13 Å². The molecule has 112 valence electrons. The van der Waals surface area contributed by atoms with Gasteiger partial charge in [-0.3, -0.25) is 4.79 Å². The highest BCUT2D eigenvalue weighted by Gasteiger charge is 2.11. The molecular weight excluding hydrogens is 308 g/mol. The number of rotatable bonds is 6. The lowest BCUT2D eigenvalue weighted by atomic mass is 10.3. The van der Waals surface area contributed by atoms with E-state index in [-0.39, 0.29) is 5.91 Å². The predicted molar refractivity (Wildman–Crippen MR) is 87.7 cm³/mol. The first-order chi connectivity index (χ1) is 10.1. The van der Waals surface area contributed by atoms with E-state index in [1.165, 1.54) is 11.3 Å². The summed E-state index contributed by atoms with van der Waals surface area (Å²) in [4.78, 5) is 18.2. The highest BCUT2D eigenvalue weighted by molar-refractivity contribution is 7.14. The van der Waals surface area contributed by atoms with Crippen LogP contribution in [0.5, 0.6) is 0 Å². The summed E-state index contributed by atoms with van der Waals surface area (Å²) in [5.74, 6) is -0.166. The zero-order valence-corrected chi connectivity index (χ0v) is 13.5. The average Bonchev–Trinajstić information content (AvgIpc) is 2.89. The molecule has 0 fully saturated rings. The normalized spacial score (nSPS) is 10.7. The van der Waals surface area contributed by atoms with E-state index in [0.717, 1.165) is 12.2 Å². The number of aromatic nitrogens is 1. The number of carbonyl (C=O) groups is 1. The van der Waals surface area contributed by atoms with Gasteiger partial charge in [-0.1, -0.05) is 23.7 Å². The lowest BCUT2D eigenvalue weighted by molar-refractivity contribution is 0.0947. The van der Waals surface area contributed by atoms with Gasteiger partial charge in [-0.05, 0) is 26.2 Å². The third kappa shape index (κ3) is 4.70. The van der Waals surface area contributed by atoms with Gasteiger partial charge in [0.25, 0.3) is 5.91 Å². The van der Waals surface area contributed by atoms with Gasteiger partial charge >= 0.3 is 0 Å². The van der Waals surface area contributed by atoms with Crippen LogP contribution in [-0.4, -0.2) is 43.0 Å². The summed E-state index contributed by atoms with van der Waals surface area (Å²) in [5.41, 5.74) is 1.18. The van der Waals surface area contributed by atoms with Crippen molar-refractivity contribution in [3.8, 4) is 0 Å². The summed E-state index contributed by atoms with van der Waals surface area (Å²) < 4.78 is 0. The van der Waals surface area contributed by atoms with E-state index in [9.17, 15) is 4.79 Å². The SMILES string of the molecule is CN(C)CCNC(=O)c1csc(Nc2ccccc2Cl)n1. The van der Waals surface area contributed by atoms with Crippen LogP contribution < -0.4 is 10.6 Å². The second kappa shape index (κ2) is 7.40. The predicted octanol–water partition coefficient (Wildman–Crippen LogP) is 2.83. The molecule has 2 aromatic rings. The summed E-state index contributed by atoms with van der Waals surface area (Å²) in [5, 5.41) is 8.92. The van der Waals surface area contributed by atoms with Crippen LogP contribution in [0.2, 0.25) is 5.02 Å². The third-order valence-electron chi connectivity index (χ3n) is 2.70. The molecule has 2 rings (SSSR count). The number of likely N-dealkylation sites (N-methyl/N-ethyl adjacent to an activating group) is 1. The van der Waals surface area contributed by atoms with E-state index < -0.39 is 0 Å². The van der Waals surface area contributed by atoms with Gasteiger partial charge in [0.05, 0.1) is 10.7 Å². The second-order valence-electron chi connectivity index (χ2n) is 4.70. The molecule has 21 heavy (non-hydrogen) atoms. The van der Waals surface area contributed by atoms with E-state index in [1.807, 2.05) is 37.2 Å². The molecule has 0 spiro atoms. The second-order valence-corrected chi connectivity index (χ2v) is 5.97. The Kier molecular flexibility index (Phi) is 5.55. The van der Waals surface area contributed by atoms with Crippen LogP contribution in [0.15, 0.2) is 29.6 Å². The molecule has 1 heterocycles. The Morgan fingerprint density at radius 1 is 1.38 bits per heavy atom. The first-order valence-corrected chi connectivity index (χ1v) is 7.72. The number of amides is 1. The fourth-order valence-electron chi connectivity index (χ4n) is 1.60. The number of benzene rings is 1. The van der Waals surface area contributed by atoms with Crippen molar-refractivity contribution in [3.05, 3.63) is 40.4 Å². The van der Waals surface area contributed by atoms with Crippen LogP contribution in [0.25, 0.3) is 0 Å². The molecule has 1 aromatic heterocycles. The number of carbonyl (C=O) groups excluding carboxylic acids is 1. The Labute approximate surface area is 132 Å². The number of thiazole rings is 1. The number of nitrogens with one attached hydrogen (secondary N) is 2. The average molecular weight is 325 g/mol. The maximum atomic E-state index is 11.9. The summed E-state index contributed by atoms with van der Waals surface area (Å²) in [7, 11) is 3.92. The van der Waals surface area contributed by atoms with Gasteiger partial charge in [-0.2, -0.15) is 0 Å². The van der Waals surface area contributed by atoms with E-state index in [0.29, 0.717) is 22.4 Å². The van der Waals surface area contributed by atoms with Crippen molar-refractivity contribution in [2.75, 3.05) is 32.5 Å². The number of hydrogen-bond donors (Lipinski definition) is 2. The fraction of sp³-hybridized carbons (Fsp3) is 0.286. The van der Waals surface area contributed by atoms with Crippen molar-refractivity contribution in [3.63, 3.8) is 0 Å². The van der Waals surface area contributed by atoms with Crippen molar-refractivity contribution in [1.29, 1.82) is 0 Å². The molecule has 0 atom stereocenters. The zero-order valence-electron chi connectivity index (χ0n) is 11.9. The summed E-state index contributed by atoms with van der Waals surface area (Å²) >= 11 is 7.44. The molecular formula is C14H17ClN4OS. The van der Waals surface area contributed by atoms with Gasteiger partial charge < -0.3 is 15.5 Å². The minimum Gasteiger partial charge on any atom is -0.349 e. The number of anilines is 2. The number of nitrogens with zero attached hydrogens (tertiary/aromatic N) is 2. The molecule has 7 heteroatoms. The van der Waals surface area contributed by atoms with Gasteiger partial charge in [-0.15, -0.1) is 11.3 Å². The Morgan fingerprint density at radius 2 is 2.14 bits per heavy atom. The number of hydrogen-bond acceptors (Lipinski definition) is 5. The molecule has 0 unspecified atom stereocenters. The van der Waals surface area contributed by atoms with Crippen molar-refractivity contribution in [1.82, 2.24) is 15.2 Å². The Balaban J connectivity index is 1.95. The molecule has 2 N–H and O–H groups in total. The molecule has 0 aliphatic rings. The summed E-state index contributed by atoms with van der Waals surface area (Å²) in [6.45, 7) is 1.39. The molecule has 1 aromatic carbocycles. The maximum absolute atomic E-state index is 11.9. The fourth-order valence-corrected chi connectivity index (χ4v) is 2.48. The Hall–Kier alpha value is -1.63. The maximum Gasteiger partial charge on any atom is 0.270 e. The largest absolute Gasteiger partial charge is 0.349 e. The van der Waals surface area contributed by atoms with Gasteiger partial charge in [0, 0.05) is 18.5 Å². The zero-order chi connectivity index (χ0) is 15.2. The van der Waals surface area contributed by atoms with Crippen molar-refractivity contribution >= 4 is 39.7 Å². The van der Waals surface area contributed by atoms with Crippen molar-refractivity contribution in [2.45, 2.75) is 0 Å². The topological polar surface area (TPSA) is 57.3 Å². The van der Waals surface area contributed by atoms with Crippen LogP contribution in [-0.2, 0) is 0 Å². The highest BCUT2D eigenvalue weighted by Crippen LogP contribution is 2.26. The third-order valence-corrected chi connectivity index (χ3v) is 3.78. The van der Waals surface area contributed by atoms with Crippen LogP contribution in [0, 0.1) is 0 Å². The van der Waals surface area contributed by atoms with Crippen molar-refractivity contribution in [2.24, 2.45) is 0 Å². The highest BCUT2D eigenvalue weighted by atomic mass is 35.5. The molecule has 1 amide bonds. The molecule has 0 radical (unpaired) electrons. The van der Waals surface area contributed by atoms with Gasteiger partial charge in [0.2, 0.25) is 0 Å². The van der Waals surface area contributed by atoms with Crippen LogP contribution >= 0.6 is 22.9 Å². The summed E-state index contributed by atoms with van der Waals surface area (Å²) in [6.07, 6.45) is 0. The number of para-hydroxylation sites is 1. The summed E-state index contributed by atoms with van der Waals surface area (Å²) in [6, 6.07) is 7.41.